The smallest absolute Gasteiger partial charge is 0.110 e. The van der Waals surface area contributed by atoms with Crippen molar-refractivity contribution in [1.29, 1.82) is 0 Å². The van der Waals surface area contributed by atoms with Gasteiger partial charge in [-0.05, 0) is 5.92 Å². The highest BCUT2D eigenvalue weighted by Crippen LogP contribution is 2.05. The van der Waals surface area contributed by atoms with E-state index in [1.165, 1.54) is 0 Å². The van der Waals surface area contributed by atoms with Crippen molar-refractivity contribution in [2.24, 2.45) is 5.92 Å². The van der Waals surface area contributed by atoms with E-state index >= 15 is 0 Å². The molecule has 0 radical (unpaired) electrons. The van der Waals surface area contributed by atoms with Crippen molar-refractivity contribution < 1.29 is 9.47 Å². The third-order valence-electron chi connectivity index (χ3n) is 1.98. The van der Waals surface area contributed by atoms with Crippen molar-refractivity contribution in [3.8, 4) is 0 Å². The molecule has 4 nitrogen and oxygen atoms in total. The Labute approximate surface area is 80.0 Å². The van der Waals surface area contributed by atoms with Crippen LogP contribution in [0.15, 0.2) is 0 Å². The van der Waals surface area contributed by atoms with E-state index < -0.39 is 0 Å². The molecule has 2 aliphatic rings. The second-order valence-electron chi connectivity index (χ2n) is 3.54. The summed E-state index contributed by atoms with van der Waals surface area (Å²) in [6.45, 7) is 8.87. The summed E-state index contributed by atoms with van der Waals surface area (Å²) < 4.78 is 10.1. The molecule has 0 aromatic heterocycles. The van der Waals surface area contributed by atoms with Gasteiger partial charge in [0, 0.05) is 13.1 Å². The molecule has 0 aromatic rings. The van der Waals surface area contributed by atoms with Crippen LogP contribution < -0.4 is 10.6 Å². The molecular weight excluding hydrogens is 168 g/mol. The summed E-state index contributed by atoms with van der Waals surface area (Å²) >= 11 is 0. The SMILES string of the molecule is C1COCN1.CC(C)C1NCCO1. The summed E-state index contributed by atoms with van der Waals surface area (Å²) in [6.07, 6.45) is 0.315. The lowest BCUT2D eigenvalue weighted by atomic mass is 10.2. The lowest BCUT2D eigenvalue weighted by Crippen LogP contribution is -2.27. The maximum atomic E-state index is 5.30. The van der Waals surface area contributed by atoms with Crippen LogP contribution in [0.1, 0.15) is 13.8 Å². The van der Waals surface area contributed by atoms with Gasteiger partial charge in [0.05, 0.1) is 19.9 Å². The van der Waals surface area contributed by atoms with Crippen molar-refractivity contribution in [2.75, 3.05) is 33.0 Å². The van der Waals surface area contributed by atoms with Gasteiger partial charge in [-0.1, -0.05) is 13.8 Å². The Kier molecular flexibility index (Phi) is 5.31. The van der Waals surface area contributed by atoms with E-state index in [0.29, 0.717) is 12.1 Å². The lowest BCUT2D eigenvalue weighted by molar-refractivity contribution is 0.0650. The number of rotatable bonds is 1. The number of hydrogen-bond acceptors (Lipinski definition) is 4. The Morgan fingerprint density at radius 3 is 2.31 bits per heavy atom. The molecule has 0 aliphatic carbocycles. The molecule has 0 spiro atoms. The Morgan fingerprint density at radius 1 is 1.23 bits per heavy atom. The van der Waals surface area contributed by atoms with Crippen LogP contribution in [0.5, 0.6) is 0 Å². The topological polar surface area (TPSA) is 42.5 Å². The minimum absolute atomic E-state index is 0.315. The second kappa shape index (κ2) is 6.32. The van der Waals surface area contributed by atoms with Gasteiger partial charge in [0.25, 0.3) is 0 Å². The quantitative estimate of drug-likeness (QED) is 0.615. The first-order valence-electron chi connectivity index (χ1n) is 4.94. The fourth-order valence-electron chi connectivity index (χ4n) is 1.23. The van der Waals surface area contributed by atoms with Gasteiger partial charge in [0.1, 0.15) is 6.23 Å². The zero-order valence-electron chi connectivity index (χ0n) is 8.51. The van der Waals surface area contributed by atoms with Gasteiger partial charge in [-0.15, -0.1) is 0 Å². The van der Waals surface area contributed by atoms with E-state index in [1.54, 1.807) is 0 Å². The predicted molar refractivity (Wildman–Crippen MR) is 51.4 cm³/mol. The predicted octanol–water partition coefficient (Wildman–Crippen LogP) is 0.152. The zero-order valence-corrected chi connectivity index (χ0v) is 8.51. The van der Waals surface area contributed by atoms with Gasteiger partial charge in [-0.3, -0.25) is 10.6 Å². The maximum Gasteiger partial charge on any atom is 0.110 e. The normalized spacial score (nSPS) is 27.5. The molecule has 0 bridgehead atoms. The van der Waals surface area contributed by atoms with Crippen molar-refractivity contribution in [3.05, 3.63) is 0 Å². The number of hydrogen-bond donors (Lipinski definition) is 2. The van der Waals surface area contributed by atoms with Crippen LogP contribution in [0.4, 0.5) is 0 Å². The van der Waals surface area contributed by atoms with Crippen LogP contribution in [0.3, 0.4) is 0 Å². The molecule has 2 N–H and O–H groups in total. The third-order valence-corrected chi connectivity index (χ3v) is 1.98. The highest BCUT2D eigenvalue weighted by atomic mass is 16.5. The van der Waals surface area contributed by atoms with E-state index in [1.807, 2.05) is 0 Å². The Balaban J connectivity index is 0.000000145. The van der Waals surface area contributed by atoms with E-state index in [4.69, 9.17) is 9.47 Å². The van der Waals surface area contributed by atoms with E-state index in [2.05, 4.69) is 24.5 Å². The molecule has 2 heterocycles. The first-order valence-corrected chi connectivity index (χ1v) is 4.94. The summed E-state index contributed by atoms with van der Waals surface area (Å²) in [7, 11) is 0. The molecule has 2 fully saturated rings. The summed E-state index contributed by atoms with van der Waals surface area (Å²) in [6, 6.07) is 0. The minimum atomic E-state index is 0.315. The van der Waals surface area contributed by atoms with Crippen molar-refractivity contribution in [2.45, 2.75) is 20.1 Å². The van der Waals surface area contributed by atoms with Crippen LogP contribution in [-0.4, -0.2) is 39.3 Å². The maximum absolute atomic E-state index is 5.30. The fraction of sp³-hybridized carbons (Fsp3) is 1.00. The largest absolute Gasteiger partial charge is 0.365 e. The third kappa shape index (κ3) is 4.57. The van der Waals surface area contributed by atoms with Crippen molar-refractivity contribution in [1.82, 2.24) is 10.6 Å². The highest BCUT2D eigenvalue weighted by molar-refractivity contribution is 4.65. The van der Waals surface area contributed by atoms with Crippen LogP contribution >= 0.6 is 0 Å². The Bertz CT molecular complexity index is 113. The molecule has 4 heteroatoms. The van der Waals surface area contributed by atoms with Gasteiger partial charge in [-0.25, -0.2) is 0 Å². The Hall–Kier alpha value is -0.160. The Morgan fingerprint density at radius 2 is 2.08 bits per heavy atom. The summed E-state index contributed by atoms with van der Waals surface area (Å²) in [5, 5.41) is 6.23. The fourth-order valence-corrected chi connectivity index (χ4v) is 1.23. The average Bonchev–Trinajstić information content (AvgIpc) is 2.82. The van der Waals surface area contributed by atoms with Gasteiger partial charge in [0.15, 0.2) is 0 Å². The van der Waals surface area contributed by atoms with Crippen LogP contribution in [-0.2, 0) is 9.47 Å². The van der Waals surface area contributed by atoms with Crippen molar-refractivity contribution in [3.63, 3.8) is 0 Å². The highest BCUT2D eigenvalue weighted by Gasteiger charge is 2.16. The van der Waals surface area contributed by atoms with Gasteiger partial charge >= 0.3 is 0 Å². The van der Waals surface area contributed by atoms with E-state index in [-0.39, 0.29) is 0 Å². The molecule has 0 amide bonds. The zero-order chi connectivity index (χ0) is 9.52. The molecule has 13 heavy (non-hydrogen) atoms. The van der Waals surface area contributed by atoms with Crippen molar-refractivity contribution >= 4 is 0 Å². The lowest BCUT2D eigenvalue weighted by Gasteiger charge is -2.12. The molecule has 1 atom stereocenters. The van der Waals surface area contributed by atoms with Gasteiger partial charge in [-0.2, -0.15) is 0 Å². The average molecular weight is 188 g/mol. The monoisotopic (exact) mass is 188 g/mol. The molecule has 0 saturated carbocycles. The first-order chi connectivity index (χ1) is 6.30. The molecule has 2 rings (SSSR count). The van der Waals surface area contributed by atoms with E-state index in [0.717, 1.165) is 33.0 Å². The molecule has 0 aromatic carbocycles. The molecule has 2 aliphatic heterocycles. The molecule has 2 saturated heterocycles. The van der Waals surface area contributed by atoms with Crippen LogP contribution in [0, 0.1) is 5.92 Å². The molecule has 78 valence electrons. The van der Waals surface area contributed by atoms with Gasteiger partial charge < -0.3 is 9.47 Å². The summed E-state index contributed by atoms with van der Waals surface area (Å²) in [5.74, 6) is 0.609. The standard InChI is InChI=1S/C6H13NO.C3H7NO/c1-5(2)6-7-3-4-8-6;1-2-5-3-4-1/h5-7H,3-4H2,1-2H3;4H,1-3H2. The van der Waals surface area contributed by atoms with Crippen LogP contribution in [0.2, 0.25) is 0 Å². The van der Waals surface area contributed by atoms with Crippen LogP contribution in [0.25, 0.3) is 0 Å². The molecule has 1 unspecified atom stereocenters. The van der Waals surface area contributed by atoms with Gasteiger partial charge in [0.2, 0.25) is 0 Å². The number of nitrogens with one attached hydrogen (secondary N) is 2. The minimum Gasteiger partial charge on any atom is -0.365 e. The second-order valence-corrected chi connectivity index (χ2v) is 3.54. The summed E-state index contributed by atoms with van der Waals surface area (Å²) in [4.78, 5) is 0. The summed E-state index contributed by atoms with van der Waals surface area (Å²) in [5.41, 5.74) is 0. The molecular formula is C9H20N2O2. The van der Waals surface area contributed by atoms with E-state index in [9.17, 15) is 0 Å². The first kappa shape index (κ1) is 10.9. The number of ether oxygens (including phenoxy) is 2.